The zero-order chi connectivity index (χ0) is 19.7. The number of alkyl halides is 3. The molecule has 0 aromatic carbocycles. The standard InChI is InChI=1S/C20H27F3N4O/c21-20(22,23)18-7-6-15(12-24-18)19(28)27-13-17(14-27)26-10-8-25(9-11-26)16-4-2-1-3-5-16/h6-7,12,16-17H,1-5,8-11,13-14H2. The highest BCUT2D eigenvalue weighted by Crippen LogP contribution is 2.28. The van der Waals surface area contributed by atoms with E-state index < -0.39 is 11.9 Å². The first kappa shape index (κ1) is 19.6. The van der Waals surface area contributed by atoms with E-state index in [1.54, 1.807) is 4.90 Å². The zero-order valence-corrected chi connectivity index (χ0v) is 16.0. The molecule has 1 aromatic rings. The molecule has 2 aliphatic heterocycles. The van der Waals surface area contributed by atoms with E-state index in [0.29, 0.717) is 19.1 Å². The summed E-state index contributed by atoms with van der Waals surface area (Å²) in [5.74, 6) is -0.238. The first-order chi connectivity index (χ1) is 13.4. The molecule has 1 aromatic heterocycles. The molecule has 3 aliphatic rings. The van der Waals surface area contributed by atoms with Crippen LogP contribution in [0.2, 0.25) is 0 Å². The Morgan fingerprint density at radius 2 is 1.54 bits per heavy atom. The van der Waals surface area contributed by atoms with Crippen molar-refractivity contribution < 1.29 is 18.0 Å². The minimum atomic E-state index is -4.48. The number of rotatable bonds is 3. The largest absolute Gasteiger partial charge is 0.433 e. The molecule has 1 aliphatic carbocycles. The summed E-state index contributed by atoms with van der Waals surface area (Å²) >= 11 is 0. The minimum absolute atomic E-state index is 0.216. The molecule has 5 nitrogen and oxygen atoms in total. The van der Waals surface area contributed by atoms with E-state index in [4.69, 9.17) is 0 Å². The lowest BCUT2D eigenvalue weighted by Crippen LogP contribution is -2.64. The maximum absolute atomic E-state index is 12.6. The van der Waals surface area contributed by atoms with Gasteiger partial charge in [0.2, 0.25) is 0 Å². The molecule has 0 unspecified atom stereocenters. The van der Waals surface area contributed by atoms with E-state index in [0.717, 1.165) is 44.5 Å². The van der Waals surface area contributed by atoms with Crippen LogP contribution in [0.5, 0.6) is 0 Å². The van der Waals surface area contributed by atoms with Gasteiger partial charge in [-0.2, -0.15) is 13.2 Å². The Morgan fingerprint density at radius 3 is 2.07 bits per heavy atom. The van der Waals surface area contributed by atoms with E-state index in [9.17, 15) is 18.0 Å². The average Bonchev–Trinajstić information content (AvgIpc) is 2.67. The Bertz CT molecular complexity index is 674. The monoisotopic (exact) mass is 396 g/mol. The van der Waals surface area contributed by atoms with Crippen LogP contribution in [0.25, 0.3) is 0 Å². The van der Waals surface area contributed by atoms with E-state index in [1.165, 1.54) is 38.2 Å². The van der Waals surface area contributed by atoms with Crippen LogP contribution in [0.4, 0.5) is 13.2 Å². The molecule has 4 rings (SSSR count). The van der Waals surface area contributed by atoms with Crippen molar-refractivity contribution in [3.8, 4) is 0 Å². The molecule has 8 heteroatoms. The quantitative estimate of drug-likeness (QED) is 0.788. The van der Waals surface area contributed by atoms with Crippen LogP contribution in [0.15, 0.2) is 18.3 Å². The van der Waals surface area contributed by atoms with Crippen LogP contribution >= 0.6 is 0 Å². The number of likely N-dealkylation sites (tertiary alicyclic amines) is 1. The molecule has 0 spiro atoms. The Balaban J connectivity index is 1.24. The first-order valence-electron chi connectivity index (χ1n) is 10.2. The lowest BCUT2D eigenvalue weighted by Gasteiger charge is -2.49. The van der Waals surface area contributed by atoms with Crippen molar-refractivity contribution in [2.45, 2.75) is 50.4 Å². The highest BCUT2D eigenvalue weighted by Gasteiger charge is 2.38. The van der Waals surface area contributed by atoms with Crippen molar-refractivity contribution in [2.75, 3.05) is 39.3 Å². The fraction of sp³-hybridized carbons (Fsp3) is 0.700. The van der Waals surface area contributed by atoms with Gasteiger partial charge in [-0.1, -0.05) is 19.3 Å². The van der Waals surface area contributed by atoms with Gasteiger partial charge in [-0.3, -0.25) is 19.6 Å². The number of carbonyl (C=O) groups excluding carboxylic acids is 1. The second-order valence-corrected chi connectivity index (χ2v) is 8.16. The fourth-order valence-corrected chi connectivity index (χ4v) is 4.64. The molecule has 3 heterocycles. The summed E-state index contributed by atoms with van der Waals surface area (Å²) in [5.41, 5.74) is -0.755. The second-order valence-electron chi connectivity index (χ2n) is 8.16. The van der Waals surface area contributed by atoms with Crippen LogP contribution in [0.1, 0.15) is 48.2 Å². The smallest absolute Gasteiger partial charge is 0.335 e. The molecule has 0 radical (unpaired) electrons. The molecule has 0 atom stereocenters. The molecule has 1 saturated carbocycles. The second kappa shape index (κ2) is 7.99. The van der Waals surface area contributed by atoms with Gasteiger partial charge in [-0.15, -0.1) is 0 Å². The Morgan fingerprint density at radius 1 is 0.929 bits per heavy atom. The third-order valence-corrected chi connectivity index (χ3v) is 6.41. The predicted octanol–water partition coefficient (Wildman–Crippen LogP) is 2.88. The molecular formula is C20H27F3N4O. The third kappa shape index (κ3) is 4.17. The maximum Gasteiger partial charge on any atom is 0.433 e. The highest BCUT2D eigenvalue weighted by molar-refractivity contribution is 5.94. The van der Waals surface area contributed by atoms with Gasteiger partial charge < -0.3 is 4.90 Å². The topological polar surface area (TPSA) is 39.7 Å². The number of aromatic nitrogens is 1. The summed E-state index contributed by atoms with van der Waals surface area (Å²) in [6.45, 7) is 5.54. The summed E-state index contributed by atoms with van der Waals surface area (Å²) in [6, 6.07) is 3.20. The number of carbonyl (C=O) groups is 1. The Kier molecular flexibility index (Phi) is 5.60. The van der Waals surface area contributed by atoms with Crippen molar-refractivity contribution >= 4 is 5.91 Å². The molecular weight excluding hydrogens is 369 g/mol. The third-order valence-electron chi connectivity index (χ3n) is 6.41. The van der Waals surface area contributed by atoms with Gasteiger partial charge in [-0.25, -0.2) is 0 Å². The lowest BCUT2D eigenvalue weighted by molar-refractivity contribution is -0.141. The molecule has 2 saturated heterocycles. The van der Waals surface area contributed by atoms with E-state index in [2.05, 4.69) is 14.8 Å². The highest BCUT2D eigenvalue weighted by atomic mass is 19.4. The normalized spacial score (nSPS) is 23.6. The van der Waals surface area contributed by atoms with Crippen LogP contribution in [0.3, 0.4) is 0 Å². The van der Waals surface area contributed by atoms with E-state index in [1.807, 2.05) is 0 Å². The summed E-state index contributed by atoms with van der Waals surface area (Å²) in [6.07, 6.45) is 3.27. The van der Waals surface area contributed by atoms with Gasteiger partial charge >= 0.3 is 6.18 Å². The number of pyridine rings is 1. The van der Waals surface area contributed by atoms with Crippen molar-refractivity contribution in [3.05, 3.63) is 29.6 Å². The number of halogens is 3. The fourth-order valence-electron chi connectivity index (χ4n) is 4.64. The van der Waals surface area contributed by atoms with Gasteiger partial charge in [0.25, 0.3) is 5.91 Å². The van der Waals surface area contributed by atoms with E-state index in [-0.39, 0.29) is 11.5 Å². The average molecular weight is 396 g/mol. The van der Waals surface area contributed by atoms with Gasteiger partial charge in [0, 0.05) is 57.5 Å². The predicted molar refractivity (Wildman–Crippen MR) is 98.9 cm³/mol. The maximum atomic E-state index is 12.6. The number of amides is 1. The molecule has 154 valence electrons. The first-order valence-corrected chi connectivity index (χ1v) is 10.2. The molecule has 1 amide bonds. The van der Waals surface area contributed by atoms with Gasteiger partial charge in [0.15, 0.2) is 0 Å². The van der Waals surface area contributed by atoms with Crippen molar-refractivity contribution in [3.63, 3.8) is 0 Å². The van der Waals surface area contributed by atoms with Gasteiger partial charge in [0.1, 0.15) is 5.69 Å². The van der Waals surface area contributed by atoms with Crippen LogP contribution in [-0.2, 0) is 6.18 Å². The van der Waals surface area contributed by atoms with Crippen LogP contribution in [0, 0.1) is 0 Å². The van der Waals surface area contributed by atoms with Crippen molar-refractivity contribution in [1.29, 1.82) is 0 Å². The number of hydrogen-bond donors (Lipinski definition) is 0. The zero-order valence-electron chi connectivity index (χ0n) is 16.0. The molecule has 0 N–H and O–H groups in total. The summed E-state index contributed by atoms with van der Waals surface area (Å²) in [7, 11) is 0. The SMILES string of the molecule is O=C(c1ccc(C(F)(F)F)nc1)N1CC(N2CCN(C3CCCCC3)CC2)C1. The number of nitrogens with zero attached hydrogens (tertiary/aromatic N) is 4. The molecule has 28 heavy (non-hydrogen) atoms. The van der Waals surface area contributed by atoms with Crippen molar-refractivity contribution in [2.24, 2.45) is 0 Å². The van der Waals surface area contributed by atoms with Crippen LogP contribution in [-0.4, -0.2) is 76.9 Å². The van der Waals surface area contributed by atoms with Crippen LogP contribution < -0.4 is 0 Å². The number of piperazine rings is 1. The summed E-state index contributed by atoms with van der Waals surface area (Å²) in [5, 5.41) is 0. The summed E-state index contributed by atoms with van der Waals surface area (Å²) < 4.78 is 37.8. The molecule has 0 bridgehead atoms. The van der Waals surface area contributed by atoms with Gasteiger partial charge in [-0.05, 0) is 25.0 Å². The Labute approximate surface area is 163 Å². The Hall–Kier alpha value is -1.67. The number of hydrogen-bond acceptors (Lipinski definition) is 4. The van der Waals surface area contributed by atoms with E-state index >= 15 is 0 Å². The minimum Gasteiger partial charge on any atom is -0.335 e. The lowest BCUT2D eigenvalue weighted by atomic mass is 9.93. The van der Waals surface area contributed by atoms with Crippen molar-refractivity contribution in [1.82, 2.24) is 19.7 Å². The summed E-state index contributed by atoms with van der Waals surface area (Å²) in [4.78, 5) is 22.6. The molecule has 3 fully saturated rings. The van der Waals surface area contributed by atoms with Gasteiger partial charge in [0.05, 0.1) is 5.56 Å².